The Labute approximate surface area is 126 Å². The molecule has 1 atom stereocenters. The van der Waals surface area contributed by atoms with Gasteiger partial charge in [0.1, 0.15) is 5.76 Å². The van der Waals surface area contributed by atoms with Gasteiger partial charge in [0.05, 0.1) is 18.8 Å². The highest BCUT2D eigenvalue weighted by atomic mass is 32.2. The molecule has 4 nitrogen and oxygen atoms in total. The van der Waals surface area contributed by atoms with Crippen molar-refractivity contribution in [3.8, 4) is 0 Å². The van der Waals surface area contributed by atoms with Crippen molar-refractivity contribution in [2.24, 2.45) is 0 Å². The van der Waals surface area contributed by atoms with Gasteiger partial charge in [0.15, 0.2) is 0 Å². The van der Waals surface area contributed by atoms with Crippen LogP contribution in [0.2, 0.25) is 0 Å². The van der Waals surface area contributed by atoms with Crippen molar-refractivity contribution in [1.82, 2.24) is 10.6 Å². The van der Waals surface area contributed by atoms with Gasteiger partial charge in [0.2, 0.25) is 5.91 Å². The van der Waals surface area contributed by atoms with E-state index < -0.39 is 0 Å². The molecule has 2 N–H and O–H groups in total. The largest absolute Gasteiger partial charge is 0.467 e. The zero-order valence-electron chi connectivity index (χ0n) is 12.9. The third kappa shape index (κ3) is 4.87. The van der Waals surface area contributed by atoms with Gasteiger partial charge in [-0.3, -0.25) is 4.79 Å². The van der Waals surface area contributed by atoms with Gasteiger partial charge in [-0.1, -0.05) is 13.8 Å². The molecular weight excluding hydrogens is 272 g/mol. The van der Waals surface area contributed by atoms with Gasteiger partial charge in [-0.15, -0.1) is 0 Å². The number of hydrogen-bond donors (Lipinski definition) is 2. The van der Waals surface area contributed by atoms with Crippen LogP contribution in [0.1, 0.15) is 39.4 Å². The van der Waals surface area contributed by atoms with Crippen molar-refractivity contribution in [2.45, 2.75) is 50.9 Å². The van der Waals surface area contributed by atoms with Crippen LogP contribution in [-0.4, -0.2) is 29.5 Å². The van der Waals surface area contributed by atoms with Crippen molar-refractivity contribution in [3.63, 3.8) is 0 Å². The molecular formula is C15H26N2O2S. The number of hydrogen-bond acceptors (Lipinski definition) is 4. The van der Waals surface area contributed by atoms with E-state index in [0.717, 1.165) is 25.1 Å². The third-order valence-corrected chi connectivity index (χ3v) is 5.45. The van der Waals surface area contributed by atoms with Crippen LogP contribution < -0.4 is 10.6 Å². The molecule has 1 unspecified atom stereocenters. The van der Waals surface area contributed by atoms with Crippen LogP contribution in [-0.2, 0) is 11.3 Å². The molecule has 114 valence electrons. The molecule has 1 aromatic heterocycles. The Hall–Kier alpha value is -0.940. The first-order valence-corrected chi connectivity index (χ1v) is 8.38. The van der Waals surface area contributed by atoms with E-state index in [1.54, 1.807) is 6.26 Å². The molecule has 1 rings (SSSR count). The summed E-state index contributed by atoms with van der Waals surface area (Å²) in [6.45, 7) is 7.57. The van der Waals surface area contributed by atoms with E-state index in [0.29, 0.717) is 6.54 Å². The van der Waals surface area contributed by atoms with E-state index in [1.807, 2.05) is 30.8 Å². The Kier molecular flexibility index (Phi) is 7.16. The molecule has 0 fully saturated rings. The predicted molar refractivity (Wildman–Crippen MR) is 84.8 cm³/mol. The van der Waals surface area contributed by atoms with Crippen molar-refractivity contribution in [3.05, 3.63) is 24.2 Å². The van der Waals surface area contributed by atoms with Gasteiger partial charge >= 0.3 is 0 Å². The average molecular weight is 298 g/mol. The Morgan fingerprint density at radius 3 is 2.65 bits per heavy atom. The minimum atomic E-state index is -0.199. The van der Waals surface area contributed by atoms with E-state index in [2.05, 4.69) is 30.7 Å². The van der Waals surface area contributed by atoms with Crippen LogP contribution in [0.15, 0.2) is 22.8 Å². The molecule has 0 aliphatic rings. The summed E-state index contributed by atoms with van der Waals surface area (Å²) < 4.78 is 5.41. The Morgan fingerprint density at radius 1 is 1.45 bits per heavy atom. The molecule has 1 aromatic rings. The second kappa shape index (κ2) is 8.37. The second-order valence-electron chi connectivity index (χ2n) is 4.99. The Bertz CT molecular complexity index is 380. The first-order chi connectivity index (χ1) is 9.56. The average Bonchev–Trinajstić information content (AvgIpc) is 2.99. The maximum atomic E-state index is 12.0. The topological polar surface area (TPSA) is 54.3 Å². The molecule has 1 heterocycles. The van der Waals surface area contributed by atoms with Crippen molar-refractivity contribution >= 4 is 17.7 Å². The highest BCUT2D eigenvalue weighted by Crippen LogP contribution is 2.29. The lowest BCUT2D eigenvalue weighted by atomic mass is 10.0. The maximum absolute atomic E-state index is 12.0. The van der Waals surface area contributed by atoms with Gasteiger partial charge in [-0.05, 0) is 38.2 Å². The normalized spacial score (nSPS) is 13.2. The first-order valence-electron chi connectivity index (χ1n) is 7.15. The van der Waals surface area contributed by atoms with Crippen LogP contribution in [0.3, 0.4) is 0 Å². The smallest absolute Gasteiger partial charge is 0.237 e. The van der Waals surface area contributed by atoms with E-state index in [4.69, 9.17) is 4.42 Å². The third-order valence-electron chi connectivity index (χ3n) is 3.86. The quantitative estimate of drug-likeness (QED) is 0.736. The van der Waals surface area contributed by atoms with Gasteiger partial charge in [0, 0.05) is 11.3 Å². The van der Waals surface area contributed by atoms with Gasteiger partial charge in [-0.2, -0.15) is 11.8 Å². The van der Waals surface area contributed by atoms with E-state index in [-0.39, 0.29) is 16.7 Å². The number of nitrogens with one attached hydrogen (secondary N) is 2. The molecule has 1 amide bonds. The fraction of sp³-hybridized carbons (Fsp3) is 0.667. The van der Waals surface area contributed by atoms with Crippen LogP contribution in [0.25, 0.3) is 0 Å². The van der Waals surface area contributed by atoms with E-state index >= 15 is 0 Å². The minimum absolute atomic E-state index is 0.00334. The van der Waals surface area contributed by atoms with E-state index in [9.17, 15) is 4.79 Å². The van der Waals surface area contributed by atoms with Crippen LogP contribution >= 0.6 is 11.8 Å². The summed E-state index contributed by atoms with van der Waals surface area (Å²) in [5, 5.41) is 6.22. The van der Waals surface area contributed by atoms with Gasteiger partial charge < -0.3 is 15.1 Å². The number of amides is 1. The van der Waals surface area contributed by atoms with Crippen molar-refractivity contribution in [1.29, 1.82) is 0 Å². The first kappa shape index (κ1) is 17.1. The number of furan rings is 1. The molecule has 0 radical (unpaired) electrons. The molecule has 0 aliphatic carbocycles. The summed E-state index contributed by atoms with van der Waals surface area (Å²) in [6, 6.07) is 3.47. The molecule has 20 heavy (non-hydrogen) atoms. The lowest BCUT2D eigenvalue weighted by Crippen LogP contribution is -2.47. The van der Waals surface area contributed by atoms with Crippen LogP contribution in [0.4, 0.5) is 0 Å². The highest BCUT2D eigenvalue weighted by Gasteiger charge is 2.26. The molecule has 0 saturated carbocycles. The molecule has 0 aliphatic heterocycles. The predicted octanol–water partition coefficient (Wildman–Crippen LogP) is 2.80. The molecule has 0 spiro atoms. The zero-order chi connectivity index (χ0) is 15.0. The summed E-state index contributed by atoms with van der Waals surface area (Å²) in [7, 11) is 0. The fourth-order valence-corrected chi connectivity index (χ4v) is 2.84. The number of rotatable bonds is 9. The SMILES string of the molecule is CCC(CC)(CNC(C)C(=O)NCc1ccco1)SC. The van der Waals surface area contributed by atoms with Crippen LogP contribution in [0.5, 0.6) is 0 Å². The number of thioether (sulfide) groups is 1. The lowest BCUT2D eigenvalue weighted by Gasteiger charge is -2.31. The summed E-state index contributed by atoms with van der Waals surface area (Å²) in [6.07, 6.45) is 5.94. The summed E-state index contributed by atoms with van der Waals surface area (Å²) in [5.74, 6) is 0.773. The summed E-state index contributed by atoms with van der Waals surface area (Å²) in [5.41, 5.74) is 0. The number of carbonyl (C=O) groups excluding carboxylic acids is 1. The maximum Gasteiger partial charge on any atom is 0.237 e. The van der Waals surface area contributed by atoms with Gasteiger partial charge in [-0.25, -0.2) is 0 Å². The highest BCUT2D eigenvalue weighted by molar-refractivity contribution is 8.00. The van der Waals surface area contributed by atoms with Gasteiger partial charge in [0.25, 0.3) is 0 Å². The molecule has 5 heteroatoms. The second-order valence-corrected chi connectivity index (χ2v) is 6.27. The molecule has 0 saturated heterocycles. The Morgan fingerprint density at radius 2 is 2.15 bits per heavy atom. The minimum Gasteiger partial charge on any atom is -0.467 e. The summed E-state index contributed by atoms with van der Waals surface area (Å²) in [4.78, 5) is 12.0. The Balaban J connectivity index is 2.37. The summed E-state index contributed by atoms with van der Waals surface area (Å²) >= 11 is 1.87. The lowest BCUT2D eigenvalue weighted by molar-refractivity contribution is -0.123. The molecule has 0 bridgehead atoms. The monoisotopic (exact) mass is 298 g/mol. The van der Waals surface area contributed by atoms with Crippen molar-refractivity contribution in [2.75, 3.05) is 12.8 Å². The molecule has 0 aromatic carbocycles. The standard InChI is InChI=1S/C15H26N2O2S/c1-5-15(6-2,20-4)11-17-12(3)14(18)16-10-13-8-7-9-19-13/h7-9,12,17H,5-6,10-11H2,1-4H3,(H,16,18). The zero-order valence-corrected chi connectivity index (χ0v) is 13.7. The van der Waals surface area contributed by atoms with Crippen molar-refractivity contribution < 1.29 is 9.21 Å². The van der Waals surface area contributed by atoms with Crippen LogP contribution in [0, 0.1) is 0 Å². The number of carbonyl (C=O) groups is 1. The fourth-order valence-electron chi connectivity index (χ4n) is 2.03. The van der Waals surface area contributed by atoms with E-state index in [1.165, 1.54) is 0 Å².